The minimum atomic E-state index is -0.0431. The molecule has 6 nitrogen and oxygen atoms in total. The Labute approximate surface area is 134 Å². The van der Waals surface area contributed by atoms with Gasteiger partial charge in [-0.05, 0) is 20.3 Å². The van der Waals surface area contributed by atoms with Gasteiger partial charge < -0.3 is 14.5 Å². The lowest BCUT2D eigenvalue weighted by Crippen LogP contribution is -2.56. The van der Waals surface area contributed by atoms with Crippen molar-refractivity contribution in [2.24, 2.45) is 5.92 Å². The highest BCUT2D eigenvalue weighted by Crippen LogP contribution is 2.24. The number of ether oxygens (including phenoxy) is 1. The fourth-order valence-corrected chi connectivity index (χ4v) is 3.74. The van der Waals surface area contributed by atoms with Crippen LogP contribution in [0.2, 0.25) is 0 Å². The maximum absolute atomic E-state index is 12.6. The molecule has 3 atom stereocenters. The third kappa shape index (κ3) is 2.87. The smallest absolute Gasteiger partial charge is 0.273 e. The second kappa shape index (κ2) is 6.34. The molecule has 3 rings (SSSR count). The fourth-order valence-electron chi connectivity index (χ4n) is 3.22. The average molecular weight is 323 g/mol. The Morgan fingerprint density at radius 2 is 2.18 bits per heavy atom. The van der Waals surface area contributed by atoms with E-state index in [0.29, 0.717) is 31.9 Å². The van der Waals surface area contributed by atoms with E-state index in [1.54, 1.807) is 10.9 Å². The number of amides is 2. The van der Waals surface area contributed by atoms with E-state index >= 15 is 0 Å². The summed E-state index contributed by atoms with van der Waals surface area (Å²) in [5.74, 6) is 0.0871. The van der Waals surface area contributed by atoms with Crippen molar-refractivity contribution in [2.75, 3.05) is 26.2 Å². The summed E-state index contributed by atoms with van der Waals surface area (Å²) >= 11 is 1.42. The zero-order valence-corrected chi connectivity index (χ0v) is 13.7. The Bertz CT molecular complexity index is 548. The van der Waals surface area contributed by atoms with Crippen molar-refractivity contribution in [2.45, 2.75) is 32.4 Å². The lowest BCUT2D eigenvalue weighted by Gasteiger charge is -2.40. The highest BCUT2D eigenvalue weighted by molar-refractivity contribution is 7.07. The van der Waals surface area contributed by atoms with Crippen molar-refractivity contribution in [3.8, 4) is 0 Å². The van der Waals surface area contributed by atoms with E-state index in [4.69, 9.17) is 4.74 Å². The zero-order valence-electron chi connectivity index (χ0n) is 12.9. The third-order valence-electron chi connectivity index (χ3n) is 4.54. The summed E-state index contributed by atoms with van der Waals surface area (Å²) in [7, 11) is 0. The van der Waals surface area contributed by atoms with Crippen LogP contribution in [0, 0.1) is 5.92 Å². The number of rotatable bonds is 2. The van der Waals surface area contributed by atoms with Gasteiger partial charge in [-0.1, -0.05) is 0 Å². The first-order chi connectivity index (χ1) is 10.6. The Hall–Kier alpha value is -1.47. The van der Waals surface area contributed by atoms with Crippen LogP contribution in [0.5, 0.6) is 0 Å². The molecule has 7 heteroatoms. The molecule has 0 aromatic carbocycles. The molecular weight excluding hydrogens is 302 g/mol. The zero-order chi connectivity index (χ0) is 15.7. The molecule has 0 N–H and O–H groups in total. The van der Waals surface area contributed by atoms with E-state index in [9.17, 15) is 9.59 Å². The third-order valence-corrected chi connectivity index (χ3v) is 5.13. The van der Waals surface area contributed by atoms with Gasteiger partial charge in [-0.25, -0.2) is 4.98 Å². The minimum absolute atomic E-state index is 0.00234. The molecule has 2 fully saturated rings. The largest absolute Gasteiger partial charge is 0.378 e. The molecular formula is C15H21N3O3S. The molecule has 22 heavy (non-hydrogen) atoms. The number of carbonyl (C=O) groups excluding carboxylic acids is 2. The van der Waals surface area contributed by atoms with Gasteiger partial charge in [-0.15, -0.1) is 11.3 Å². The predicted octanol–water partition coefficient (Wildman–Crippen LogP) is 1.24. The Kier molecular flexibility index (Phi) is 4.44. The van der Waals surface area contributed by atoms with Crippen LogP contribution in [0.3, 0.4) is 0 Å². The van der Waals surface area contributed by atoms with Crippen LogP contribution in [0.4, 0.5) is 0 Å². The van der Waals surface area contributed by atoms with Crippen molar-refractivity contribution >= 4 is 23.2 Å². The summed E-state index contributed by atoms with van der Waals surface area (Å²) in [6.07, 6.45) is 0.796. The first-order valence-corrected chi connectivity index (χ1v) is 8.61. The van der Waals surface area contributed by atoms with Crippen molar-refractivity contribution < 1.29 is 14.3 Å². The number of hydrogen-bond donors (Lipinski definition) is 0. The molecule has 2 unspecified atom stereocenters. The highest BCUT2D eigenvalue weighted by atomic mass is 32.1. The molecule has 0 saturated carbocycles. The van der Waals surface area contributed by atoms with Gasteiger partial charge in [0.15, 0.2) is 0 Å². The molecule has 0 spiro atoms. The fraction of sp³-hybridized carbons (Fsp3) is 0.667. The molecule has 2 aliphatic rings. The Morgan fingerprint density at radius 1 is 1.36 bits per heavy atom. The number of hydrogen-bond acceptors (Lipinski definition) is 5. The van der Waals surface area contributed by atoms with Gasteiger partial charge in [0.2, 0.25) is 5.91 Å². The molecule has 2 saturated heterocycles. The molecule has 0 radical (unpaired) electrons. The second-order valence-electron chi connectivity index (χ2n) is 5.98. The van der Waals surface area contributed by atoms with Gasteiger partial charge in [-0.2, -0.15) is 0 Å². The summed E-state index contributed by atoms with van der Waals surface area (Å²) in [6.45, 7) is 6.33. The highest BCUT2D eigenvalue weighted by Gasteiger charge is 2.37. The van der Waals surface area contributed by atoms with E-state index in [-0.39, 0.29) is 29.9 Å². The van der Waals surface area contributed by atoms with Gasteiger partial charge in [0.05, 0.1) is 17.5 Å². The molecule has 1 aromatic heterocycles. The predicted molar refractivity (Wildman–Crippen MR) is 82.7 cm³/mol. The van der Waals surface area contributed by atoms with Crippen LogP contribution in [0.1, 0.15) is 30.8 Å². The molecule has 2 aliphatic heterocycles. The summed E-state index contributed by atoms with van der Waals surface area (Å²) in [4.78, 5) is 32.8. The van der Waals surface area contributed by atoms with Crippen LogP contribution in [0.15, 0.2) is 10.9 Å². The molecule has 0 aliphatic carbocycles. The number of thiazole rings is 1. The first kappa shape index (κ1) is 15.4. The standard InChI is InChI=1S/C15H21N3O3S/c1-10-7-17(14(19)12-3-6-21-11(12)2)4-5-18(10)15(20)13-8-22-9-16-13/h8-12H,3-7H2,1-2H3/t10-,11?,12?/m0/s1. The van der Waals surface area contributed by atoms with Gasteiger partial charge >= 0.3 is 0 Å². The molecule has 120 valence electrons. The second-order valence-corrected chi connectivity index (χ2v) is 6.70. The van der Waals surface area contributed by atoms with E-state index in [1.807, 2.05) is 23.6 Å². The lowest BCUT2D eigenvalue weighted by molar-refractivity contribution is -0.139. The molecule has 3 heterocycles. The van der Waals surface area contributed by atoms with Crippen LogP contribution in [-0.2, 0) is 9.53 Å². The van der Waals surface area contributed by atoms with E-state index < -0.39 is 0 Å². The van der Waals surface area contributed by atoms with Gasteiger partial charge in [-0.3, -0.25) is 9.59 Å². The number of nitrogens with zero attached hydrogens (tertiary/aromatic N) is 3. The normalized spacial score (nSPS) is 28.9. The number of aromatic nitrogens is 1. The Morgan fingerprint density at radius 3 is 2.77 bits per heavy atom. The number of carbonyl (C=O) groups is 2. The molecule has 1 aromatic rings. The SMILES string of the molecule is CC1OCCC1C(=O)N1CCN(C(=O)c2cscn2)[C@@H](C)C1. The van der Waals surface area contributed by atoms with Crippen molar-refractivity contribution in [3.05, 3.63) is 16.6 Å². The quantitative estimate of drug-likeness (QED) is 0.821. The topological polar surface area (TPSA) is 62.7 Å². The van der Waals surface area contributed by atoms with E-state index in [0.717, 1.165) is 6.42 Å². The summed E-state index contributed by atoms with van der Waals surface area (Å²) < 4.78 is 5.49. The van der Waals surface area contributed by atoms with Crippen LogP contribution < -0.4 is 0 Å². The first-order valence-electron chi connectivity index (χ1n) is 7.67. The summed E-state index contributed by atoms with van der Waals surface area (Å²) in [6, 6.07) is 0.00419. The van der Waals surface area contributed by atoms with E-state index in [2.05, 4.69) is 4.98 Å². The monoisotopic (exact) mass is 323 g/mol. The molecule has 0 bridgehead atoms. The lowest BCUT2D eigenvalue weighted by atomic mass is 10.00. The molecule has 2 amide bonds. The van der Waals surface area contributed by atoms with E-state index in [1.165, 1.54) is 11.3 Å². The van der Waals surface area contributed by atoms with Crippen LogP contribution in [0.25, 0.3) is 0 Å². The van der Waals surface area contributed by atoms with Gasteiger partial charge in [0.25, 0.3) is 5.91 Å². The average Bonchev–Trinajstić information content (AvgIpc) is 3.17. The number of piperazine rings is 1. The van der Waals surface area contributed by atoms with Crippen LogP contribution >= 0.6 is 11.3 Å². The summed E-state index contributed by atoms with van der Waals surface area (Å²) in [5, 5.41) is 1.77. The van der Waals surface area contributed by atoms with Crippen LogP contribution in [-0.4, -0.2) is 65.0 Å². The van der Waals surface area contributed by atoms with Crippen molar-refractivity contribution in [3.63, 3.8) is 0 Å². The minimum Gasteiger partial charge on any atom is -0.378 e. The maximum atomic E-state index is 12.6. The Balaban J connectivity index is 1.62. The summed E-state index contributed by atoms with van der Waals surface area (Å²) in [5.41, 5.74) is 2.16. The van der Waals surface area contributed by atoms with Crippen molar-refractivity contribution in [1.29, 1.82) is 0 Å². The maximum Gasteiger partial charge on any atom is 0.273 e. The van der Waals surface area contributed by atoms with Gasteiger partial charge in [0.1, 0.15) is 5.69 Å². The van der Waals surface area contributed by atoms with Crippen molar-refractivity contribution in [1.82, 2.24) is 14.8 Å². The van der Waals surface area contributed by atoms with Gasteiger partial charge in [0, 0.05) is 37.7 Å².